The van der Waals surface area contributed by atoms with E-state index in [0.29, 0.717) is 35.2 Å². The molecule has 0 radical (unpaired) electrons. The molecular weight excluding hydrogens is 340 g/mol. The molecule has 1 fully saturated rings. The highest BCUT2D eigenvalue weighted by atomic mass is 16.4. The third kappa shape index (κ3) is 10.2. The fourth-order valence-corrected chi connectivity index (χ4v) is 2.90. The molecular formula is C23H38O4. The van der Waals surface area contributed by atoms with Crippen LogP contribution in [0.25, 0.3) is 0 Å². The molecule has 0 spiro atoms. The number of carboxylic acids is 1. The highest BCUT2D eigenvalue weighted by molar-refractivity contribution is 5.82. The monoisotopic (exact) mass is 378 g/mol. The Kier molecular flexibility index (Phi) is 11.7. The van der Waals surface area contributed by atoms with Crippen molar-refractivity contribution in [3.8, 4) is 5.75 Å². The number of benzene rings is 1. The Morgan fingerprint density at radius 1 is 1.04 bits per heavy atom. The van der Waals surface area contributed by atoms with Gasteiger partial charge in [0.2, 0.25) is 0 Å². The highest BCUT2D eigenvalue weighted by Gasteiger charge is 2.28. The minimum Gasteiger partial charge on any atom is -0.508 e. The van der Waals surface area contributed by atoms with Gasteiger partial charge in [0.05, 0.1) is 5.92 Å². The number of rotatable bonds is 3. The van der Waals surface area contributed by atoms with Gasteiger partial charge in [-0.05, 0) is 42.2 Å². The van der Waals surface area contributed by atoms with Crippen LogP contribution in [0.15, 0.2) is 24.3 Å². The molecule has 0 saturated heterocycles. The smallest absolute Gasteiger partial charge is 0.305 e. The molecule has 0 amide bonds. The first-order chi connectivity index (χ1) is 12.5. The van der Waals surface area contributed by atoms with Gasteiger partial charge in [-0.2, -0.15) is 0 Å². The SMILES string of the molecule is CC(C)C(=O)O.CC(C)c1ccccc1O.CC1CCC(C(C)C)C(=O)C1. The van der Waals surface area contributed by atoms with Gasteiger partial charge in [-0.25, -0.2) is 0 Å². The van der Waals surface area contributed by atoms with Crippen molar-refractivity contribution in [1.82, 2.24) is 0 Å². The van der Waals surface area contributed by atoms with Crippen molar-refractivity contribution in [2.75, 3.05) is 0 Å². The molecule has 1 saturated carbocycles. The van der Waals surface area contributed by atoms with Crippen LogP contribution in [0, 0.1) is 23.7 Å². The van der Waals surface area contributed by atoms with Gasteiger partial charge in [0.1, 0.15) is 11.5 Å². The number of aromatic hydroxyl groups is 1. The van der Waals surface area contributed by atoms with Crippen LogP contribution in [0.3, 0.4) is 0 Å². The number of hydrogen-bond acceptors (Lipinski definition) is 3. The second-order valence-corrected chi connectivity index (χ2v) is 8.41. The zero-order chi connectivity index (χ0) is 21.1. The number of ketones is 1. The fourth-order valence-electron chi connectivity index (χ4n) is 2.90. The lowest BCUT2D eigenvalue weighted by Gasteiger charge is -2.27. The summed E-state index contributed by atoms with van der Waals surface area (Å²) in [6, 6.07) is 7.44. The van der Waals surface area contributed by atoms with E-state index < -0.39 is 5.97 Å². The van der Waals surface area contributed by atoms with Crippen molar-refractivity contribution >= 4 is 11.8 Å². The minimum atomic E-state index is -0.741. The van der Waals surface area contributed by atoms with Crippen LogP contribution in [0.5, 0.6) is 5.75 Å². The van der Waals surface area contributed by atoms with Crippen LogP contribution >= 0.6 is 0 Å². The van der Waals surface area contributed by atoms with Gasteiger partial charge >= 0.3 is 5.97 Å². The van der Waals surface area contributed by atoms with E-state index in [1.807, 2.05) is 18.2 Å². The molecule has 27 heavy (non-hydrogen) atoms. The number of aliphatic carboxylic acids is 1. The van der Waals surface area contributed by atoms with E-state index >= 15 is 0 Å². The Morgan fingerprint density at radius 3 is 1.89 bits per heavy atom. The van der Waals surface area contributed by atoms with Crippen LogP contribution < -0.4 is 0 Å². The van der Waals surface area contributed by atoms with Crippen LogP contribution in [-0.2, 0) is 9.59 Å². The molecule has 4 nitrogen and oxygen atoms in total. The Hall–Kier alpha value is -1.84. The molecule has 0 bridgehead atoms. The zero-order valence-electron chi connectivity index (χ0n) is 18.0. The molecule has 2 rings (SSSR count). The van der Waals surface area contributed by atoms with Crippen molar-refractivity contribution in [1.29, 1.82) is 0 Å². The molecule has 1 aliphatic rings. The summed E-state index contributed by atoms with van der Waals surface area (Å²) >= 11 is 0. The van der Waals surface area contributed by atoms with Crippen molar-refractivity contribution < 1.29 is 19.8 Å². The molecule has 0 aromatic heterocycles. The van der Waals surface area contributed by atoms with Crippen molar-refractivity contribution in [3.05, 3.63) is 29.8 Å². The van der Waals surface area contributed by atoms with Crippen molar-refractivity contribution in [3.63, 3.8) is 0 Å². The van der Waals surface area contributed by atoms with Crippen LogP contribution in [0.4, 0.5) is 0 Å². The van der Waals surface area contributed by atoms with Crippen LogP contribution in [0.1, 0.15) is 79.2 Å². The third-order valence-corrected chi connectivity index (χ3v) is 4.79. The number of carbonyl (C=O) groups is 2. The van der Waals surface area contributed by atoms with Gasteiger partial charge in [0.25, 0.3) is 0 Å². The third-order valence-electron chi connectivity index (χ3n) is 4.79. The molecule has 0 heterocycles. The summed E-state index contributed by atoms with van der Waals surface area (Å²) in [5.74, 6) is 1.89. The summed E-state index contributed by atoms with van der Waals surface area (Å²) in [6.45, 7) is 13.9. The van der Waals surface area contributed by atoms with E-state index in [9.17, 15) is 14.7 Å². The first-order valence-electron chi connectivity index (χ1n) is 10.0. The number of phenols is 1. The predicted molar refractivity (Wildman–Crippen MR) is 111 cm³/mol. The van der Waals surface area contributed by atoms with Gasteiger partial charge in [-0.15, -0.1) is 0 Å². The van der Waals surface area contributed by atoms with Gasteiger partial charge in [-0.3, -0.25) is 9.59 Å². The Bertz CT molecular complexity index is 575. The number of Topliss-reactive ketones (excluding diaryl/α,β-unsaturated/α-hetero) is 1. The van der Waals surface area contributed by atoms with E-state index in [-0.39, 0.29) is 5.92 Å². The van der Waals surface area contributed by atoms with Gasteiger partial charge in [-0.1, -0.05) is 66.7 Å². The summed E-state index contributed by atoms with van der Waals surface area (Å²) < 4.78 is 0. The van der Waals surface area contributed by atoms with Crippen molar-refractivity contribution in [2.45, 2.75) is 73.6 Å². The maximum Gasteiger partial charge on any atom is 0.305 e. The molecule has 4 heteroatoms. The number of phenolic OH excluding ortho intramolecular Hbond substituents is 1. The lowest BCUT2D eigenvalue weighted by Crippen LogP contribution is -2.27. The van der Waals surface area contributed by atoms with E-state index in [2.05, 4.69) is 34.6 Å². The summed E-state index contributed by atoms with van der Waals surface area (Å²) in [5, 5.41) is 17.3. The largest absolute Gasteiger partial charge is 0.508 e. The highest BCUT2D eigenvalue weighted by Crippen LogP contribution is 2.30. The standard InChI is InChI=1S/C10H18O.C9H12O.C4H8O2/c1-7(2)9-5-4-8(3)6-10(9)11;1-7(2)8-5-3-4-6-9(8)10;1-3(2)4(5)6/h7-9H,4-6H2,1-3H3;3-7,10H,1-2H3;3H,1-2H3,(H,5,6). The van der Waals surface area contributed by atoms with E-state index in [0.717, 1.165) is 18.4 Å². The molecule has 1 aromatic rings. The lowest BCUT2D eigenvalue weighted by atomic mass is 9.77. The summed E-state index contributed by atoms with van der Waals surface area (Å²) in [6.07, 6.45) is 3.19. The van der Waals surface area contributed by atoms with E-state index in [1.165, 1.54) is 6.42 Å². The number of hydrogen-bond donors (Lipinski definition) is 2. The molecule has 1 aromatic carbocycles. The van der Waals surface area contributed by atoms with Gasteiger partial charge < -0.3 is 10.2 Å². The lowest BCUT2D eigenvalue weighted by molar-refractivity contribution is -0.140. The van der Waals surface area contributed by atoms with E-state index in [4.69, 9.17) is 5.11 Å². The van der Waals surface area contributed by atoms with E-state index in [1.54, 1.807) is 19.9 Å². The average molecular weight is 379 g/mol. The average Bonchev–Trinajstić information content (AvgIpc) is 2.55. The minimum absolute atomic E-state index is 0.231. The Labute approximate surface area is 165 Å². The van der Waals surface area contributed by atoms with Crippen LogP contribution in [0.2, 0.25) is 0 Å². The number of carbonyl (C=O) groups excluding carboxylic acids is 1. The Morgan fingerprint density at radius 2 is 1.56 bits per heavy atom. The first kappa shape index (κ1) is 25.2. The zero-order valence-corrected chi connectivity index (χ0v) is 18.0. The number of carboxylic acid groups (broad SMARTS) is 1. The van der Waals surface area contributed by atoms with Crippen LogP contribution in [-0.4, -0.2) is 22.0 Å². The molecule has 2 unspecified atom stereocenters. The second kappa shape index (κ2) is 12.5. The van der Waals surface area contributed by atoms with Gasteiger partial charge in [0.15, 0.2) is 0 Å². The maximum atomic E-state index is 11.4. The second-order valence-electron chi connectivity index (χ2n) is 8.41. The summed E-state index contributed by atoms with van der Waals surface area (Å²) in [7, 11) is 0. The molecule has 0 aliphatic heterocycles. The Balaban J connectivity index is 0.000000394. The van der Waals surface area contributed by atoms with Gasteiger partial charge in [0, 0.05) is 12.3 Å². The number of para-hydroxylation sites is 1. The first-order valence-corrected chi connectivity index (χ1v) is 10.0. The summed E-state index contributed by atoms with van der Waals surface area (Å²) in [5.41, 5.74) is 1.02. The predicted octanol–water partition coefficient (Wildman–Crippen LogP) is 5.89. The fraction of sp³-hybridized carbons (Fsp3) is 0.652. The van der Waals surface area contributed by atoms with Crippen molar-refractivity contribution in [2.24, 2.45) is 23.7 Å². The molecule has 154 valence electrons. The quantitative estimate of drug-likeness (QED) is 0.687. The normalized spacial score (nSPS) is 19.3. The summed E-state index contributed by atoms with van der Waals surface area (Å²) in [4.78, 5) is 21.1. The molecule has 2 N–H and O–H groups in total. The molecule has 1 aliphatic carbocycles. The topological polar surface area (TPSA) is 74.6 Å². The molecule has 2 atom stereocenters. The maximum absolute atomic E-state index is 11.4.